The van der Waals surface area contributed by atoms with Crippen molar-refractivity contribution in [2.45, 2.75) is 0 Å². The highest BCUT2D eigenvalue weighted by atomic mass is 16.3. The molecule has 8 aromatic carbocycles. The summed E-state index contributed by atoms with van der Waals surface area (Å²) in [6.07, 6.45) is 0. The molecule has 0 spiro atoms. The first-order valence-electron chi connectivity index (χ1n) is 17.4. The maximum atomic E-state index is 6.26. The molecule has 11 aromatic rings. The SMILES string of the molecule is c1ccc(-c2ccc(-n3c4ccccc4c4cc5c(cc43)c3ccccc3n5-c3cccc(-c4cccc5oc6ccccc6c45)c3)cc2)cc1. The van der Waals surface area contributed by atoms with Crippen molar-refractivity contribution in [2.24, 2.45) is 0 Å². The van der Waals surface area contributed by atoms with Gasteiger partial charge in [0.2, 0.25) is 0 Å². The number of para-hydroxylation sites is 3. The Bertz CT molecular complexity index is 3120. The van der Waals surface area contributed by atoms with Gasteiger partial charge in [-0.2, -0.15) is 0 Å². The zero-order chi connectivity index (χ0) is 33.5. The van der Waals surface area contributed by atoms with Gasteiger partial charge in [0, 0.05) is 43.7 Å². The van der Waals surface area contributed by atoms with Crippen LogP contribution >= 0.6 is 0 Å². The molecule has 0 N–H and O–H groups in total. The molecular formula is C48H30N2O. The fourth-order valence-electron chi connectivity index (χ4n) is 8.25. The van der Waals surface area contributed by atoms with E-state index >= 15 is 0 Å². The second-order valence-corrected chi connectivity index (χ2v) is 13.3. The summed E-state index contributed by atoms with van der Waals surface area (Å²) < 4.78 is 11.1. The van der Waals surface area contributed by atoms with E-state index in [2.05, 4.69) is 179 Å². The third-order valence-corrected chi connectivity index (χ3v) is 10.5. The quantitative estimate of drug-likeness (QED) is 0.186. The molecule has 3 heterocycles. The second kappa shape index (κ2) is 10.8. The van der Waals surface area contributed by atoms with Gasteiger partial charge in [-0.05, 0) is 82.9 Å². The predicted molar refractivity (Wildman–Crippen MR) is 213 cm³/mol. The van der Waals surface area contributed by atoms with Crippen molar-refractivity contribution < 1.29 is 4.42 Å². The molecule has 3 nitrogen and oxygen atoms in total. The molecule has 0 aliphatic carbocycles. The third kappa shape index (κ3) is 4.19. The third-order valence-electron chi connectivity index (χ3n) is 10.5. The van der Waals surface area contributed by atoms with E-state index in [9.17, 15) is 0 Å². The van der Waals surface area contributed by atoms with E-state index in [0.29, 0.717) is 0 Å². The maximum Gasteiger partial charge on any atom is 0.136 e. The topological polar surface area (TPSA) is 23.0 Å². The minimum absolute atomic E-state index is 0.907. The van der Waals surface area contributed by atoms with Crippen LogP contribution < -0.4 is 0 Å². The van der Waals surface area contributed by atoms with Gasteiger partial charge in [0.05, 0.1) is 22.1 Å². The van der Waals surface area contributed by atoms with Crippen LogP contribution in [0.2, 0.25) is 0 Å². The van der Waals surface area contributed by atoms with Crippen LogP contribution in [0.3, 0.4) is 0 Å². The lowest BCUT2D eigenvalue weighted by Crippen LogP contribution is -1.95. The molecule has 51 heavy (non-hydrogen) atoms. The van der Waals surface area contributed by atoms with Crippen molar-refractivity contribution in [2.75, 3.05) is 0 Å². The molecule has 0 aliphatic heterocycles. The Hall–Kier alpha value is -6.84. The monoisotopic (exact) mass is 650 g/mol. The lowest BCUT2D eigenvalue weighted by atomic mass is 9.99. The normalized spacial score (nSPS) is 11.9. The summed E-state index contributed by atoms with van der Waals surface area (Å²) in [5.41, 5.74) is 13.6. The van der Waals surface area contributed by atoms with E-state index in [0.717, 1.165) is 38.9 Å². The van der Waals surface area contributed by atoms with E-state index in [1.807, 2.05) is 12.1 Å². The first-order valence-corrected chi connectivity index (χ1v) is 17.4. The predicted octanol–water partition coefficient (Wildman–Crippen LogP) is 13.1. The molecule has 11 rings (SSSR count). The van der Waals surface area contributed by atoms with Crippen LogP contribution in [0.15, 0.2) is 186 Å². The molecule has 0 amide bonds. The molecule has 0 aliphatic rings. The summed E-state index contributed by atoms with van der Waals surface area (Å²) in [5.74, 6) is 0. The average molecular weight is 651 g/mol. The average Bonchev–Trinajstić information content (AvgIpc) is 3.85. The summed E-state index contributed by atoms with van der Waals surface area (Å²) in [7, 11) is 0. The number of rotatable bonds is 4. The minimum atomic E-state index is 0.907. The zero-order valence-electron chi connectivity index (χ0n) is 27.6. The molecule has 0 atom stereocenters. The van der Waals surface area contributed by atoms with Crippen LogP contribution in [-0.2, 0) is 0 Å². The number of aromatic nitrogens is 2. The number of fused-ring (bicyclic) bond motifs is 9. The van der Waals surface area contributed by atoms with Crippen molar-refractivity contribution in [1.82, 2.24) is 9.13 Å². The van der Waals surface area contributed by atoms with Crippen molar-refractivity contribution in [3.63, 3.8) is 0 Å². The molecule has 0 radical (unpaired) electrons. The van der Waals surface area contributed by atoms with Gasteiger partial charge in [0.1, 0.15) is 11.2 Å². The van der Waals surface area contributed by atoms with Gasteiger partial charge in [-0.15, -0.1) is 0 Å². The summed E-state index contributed by atoms with van der Waals surface area (Å²) in [5, 5.41) is 7.23. The molecule has 0 fully saturated rings. The molecular weight excluding hydrogens is 621 g/mol. The Labute approximate surface area is 293 Å². The minimum Gasteiger partial charge on any atom is -0.456 e. The smallest absolute Gasteiger partial charge is 0.136 e. The van der Waals surface area contributed by atoms with E-state index in [1.54, 1.807) is 0 Å². The molecule has 0 bridgehead atoms. The highest BCUT2D eigenvalue weighted by Crippen LogP contribution is 2.41. The number of benzene rings is 8. The number of hydrogen-bond acceptors (Lipinski definition) is 1. The van der Waals surface area contributed by atoms with Gasteiger partial charge in [0.15, 0.2) is 0 Å². The van der Waals surface area contributed by atoms with Gasteiger partial charge in [-0.1, -0.05) is 121 Å². The van der Waals surface area contributed by atoms with Crippen molar-refractivity contribution in [1.29, 1.82) is 0 Å². The standard InChI is InChI=1S/C48H30N2O/c1-2-12-31(13-3-1)32-24-26-34(27-25-32)49-42-20-7-4-16-37(42)40-30-45-41(29-44(40)49)38-17-5-8-21-43(38)50(45)35-15-10-14-33(28-35)36-19-11-23-47-48(36)39-18-6-9-22-46(39)51-47/h1-30H. The van der Waals surface area contributed by atoms with E-state index < -0.39 is 0 Å². The second-order valence-electron chi connectivity index (χ2n) is 13.3. The molecule has 238 valence electrons. The molecule has 3 heteroatoms. The molecule has 0 saturated heterocycles. The van der Waals surface area contributed by atoms with Gasteiger partial charge >= 0.3 is 0 Å². The largest absolute Gasteiger partial charge is 0.456 e. The Morgan fingerprint density at radius 1 is 0.314 bits per heavy atom. The number of nitrogens with zero attached hydrogens (tertiary/aromatic N) is 2. The van der Waals surface area contributed by atoms with Gasteiger partial charge in [-0.3, -0.25) is 0 Å². The van der Waals surface area contributed by atoms with Crippen molar-refractivity contribution in [3.8, 4) is 33.6 Å². The van der Waals surface area contributed by atoms with E-state index in [-0.39, 0.29) is 0 Å². The number of furan rings is 1. The lowest BCUT2D eigenvalue weighted by molar-refractivity contribution is 0.669. The van der Waals surface area contributed by atoms with Gasteiger partial charge < -0.3 is 13.6 Å². The van der Waals surface area contributed by atoms with Gasteiger partial charge in [-0.25, -0.2) is 0 Å². The molecule has 0 saturated carbocycles. The summed E-state index contributed by atoms with van der Waals surface area (Å²) in [6.45, 7) is 0. The van der Waals surface area contributed by atoms with E-state index in [4.69, 9.17) is 4.42 Å². The Morgan fingerprint density at radius 3 is 1.59 bits per heavy atom. The van der Waals surface area contributed by atoms with Crippen LogP contribution in [0.1, 0.15) is 0 Å². The summed E-state index contributed by atoms with van der Waals surface area (Å²) in [4.78, 5) is 0. The van der Waals surface area contributed by atoms with Crippen LogP contribution in [0.4, 0.5) is 0 Å². The maximum absolute atomic E-state index is 6.26. The zero-order valence-corrected chi connectivity index (χ0v) is 27.6. The van der Waals surface area contributed by atoms with Gasteiger partial charge in [0.25, 0.3) is 0 Å². The lowest BCUT2D eigenvalue weighted by Gasteiger charge is -2.12. The highest BCUT2D eigenvalue weighted by molar-refractivity contribution is 6.19. The Kier molecular flexibility index (Phi) is 5.96. The molecule has 0 unspecified atom stereocenters. The Morgan fingerprint density at radius 2 is 0.863 bits per heavy atom. The fourth-order valence-corrected chi connectivity index (χ4v) is 8.25. The van der Waals surface area contributed by atoms with Crippen molar-refractivity contribution >= 4 is 65.6 Å². The highest BCUT2D eigenvalue weighted by Gasteiger charge is 2.19. The Balaban J connectivity index is 1.14. The first kappa shape index (κ1) is 28.0. The first-order chi connectivity index (χ1) is 25.3. The molecule has 3 aromatic heterocycles. The summed E-state index contributed by atoms with van der Waals surface area (Å²) >= 11 is 0. The summed E-state index contributed by atoms with van der Waals surface area (Å²) in [6, 6.07) is 65.5. The number of hydrogen-bond donors (Lipinski definition) is 0. The van der Waals surface area contributed by atoms with Crippen molar-refractivity contribution in [3.05, 3.63) is 182 Å². The van der Waals surface area contributed by atoms with Crippen LogP contribution in [0.5, 0.6) is 0 Å². The fraction of sp³-hybridized carbons (Fsp3) is 0. The van der Waals surface area contributed by atoms with Crippen LogP contribution in [-0.4, -0.2) is 9.13 Å². The van der Waals surface area contributed by atoms with E-state index in [1.165, 1.54) is 60.3 Å². The van der Waals surface area contributed by atoms with Crippen LogP contribution in [0, 0.1) is 0 Å². The van der Waals surface area contributed by atoms with Crippen LogP contribution in [0.25, 0.3) is 99.2 Å².